The molecule has 0 aromatic rings. The van der Waals surface area contributed by atoms with Crippen LogP contribution in [0.4, 0.5) is 0 Å². The first-order valence-corrected chi connectivity index (χ1v) is 4.56. The van der Waals surface area contributed by atoms with Crippen molar-refractivity contribution >= 4 is 0 Å². The second-order valence-electron chi connectivity index (χ2n) is 3.89. The normalized spacial score (nSPS) is 19.2. The van der Waals surface area contributed by atoms with E-state index < -0.39 is 12.2 Å². The van der Waals surface area contributed by atoms with Crippen molar-refractivity contribution in [3.8, 4) is 0 Å². The maximum atomic E-state index is 9.41. The van der Waals surface area contributed by atoms with Gasteiger partial charge in [-0.25, -0.2) is 0 Å². The first-order valence-electron chi connectivity index (χ1n) is 4.56. The third-order valence-corrected chi connectivity index (χ3v) is 1.97. The molecule has 0 aromatic carbocycles. The molecule has 3 nitrogen and oxygen atoms in total. The lowest BCUT2D eigenvalue weighted by atomic mass is 9.99. The molecule has 0 bridgehead atoms. The van der Waals surface area contributed by atoms with Gasteiger partial charge in [-0.3, -0.25) is 0 Å². The Balaban J connectivity index is 3.64. The lowest BCUT2D eigenvalue weighted by Gasteiger charge is -2.21. The number of hydrogen-bond donors (Lipinski definition) is 3. The Labute approximate surface area is 74.6 Å². The van der Waals surface area contributed by atoms with Crippen molar-refractivity contribution < 1.29 is 10.2 Å². The van der Waals surface area contributed by atoms with Gasteiger partial charge in [0.1, 0.15) is 0 Å². The van der Waals surface area contributed by atoms with E-state index in [1.54, 1.807) is 6.92 Å². The van der Waals surface area contributed by atoms with Crippen LogP contribution in [0, 0.1) is 5.92 Å². The molecule has 3 atom stereocenters. The highest BCUT2D eigenvalue weighted by atomic mass is 16.3. The molecule has 3 unspecified atom stereocenters. The molecule has 0 saturated carbocycles. The van der Waals surface area contributed by atoms with Crippen LogP contribution >= 0.6 is 0 Å². The van der Waals surface area contributed by atoms with Gasteiger partial charge >= 0.3 is 0 Å². The highest BCUT2D eigenvalue weighted by molar-refractivity contribution is 4.75. The zero-order valence-corrected chi connectivity index (χ0v) is 8.20. The molecule has 0 rings (SSSR count). The Hall–Kier alpha value is -0.120. The lowest BCUT2D eigenvalue weighted by Crippen LogP contribution is -2.40. The van der Waals surface area contributed by atoms with Gasteiger partial charge in [-0.2, -0.15) is 0 Å². The van der Waals surface area contributed by atoms with Crippen LogP contribution in [0.1, 0.15) is 33.6 Å². The van der Waals surface area contributed by atoms with Gasteiger partial charge in [0, 0.05) is 6.04 Å². The molecular formula is C9H21NO2. The quantitative estimate of drug-likeness (QED) is 0.570. The van der Waals surface area contributed by atoms with Gasteiger partial charge in [0.15, 0.2) is 0 Å². The van der Waals surface area contributed by atoms with Gasteiger partial charge < -0.3 is 15.9 Å². The highest BCUT2D eigenvalue weighted by Gasteiger charge is 2.19. The average molecular weight is 175 g/mol. The van der Waals surface area contributed by atoms with E-state index >= 15 is 0 Å². The largest absolute Gasteiger partial charge is 0.390 e. The second kappa shape index (κ2) is 5.51. The first kappa shape index (κ1) is 11.9. The molecule has 4 N–H and O–H groups in total. The van der Waals surface area contributed by atoms with Crippen molar-refractivity contribution in [2.45, 2.75) is 51.9 Å². The number of nitrogens with two attached hydrogens (primary N) is 1. The molecule has 0 amide bonds. The Morgan fingerprint density at radius 3 is 1.92 bits per heavy atom. The van der Waals surface area contributed by atoms with Crippen molar-refractivity contribution in [2.24, 2.45) is 11.7 Å². The Morgan fingerprint density at radius 1 is 1.08 bits per heavy atom. The van der Waals surface area contributed by atoms with E-state index in [1.165, 1.54) is 0 Å². The van der Waals surface area contributed by atoms with E-state index in [1.807, 2.05) is 0 Å². The summed E-state index contributed by atoms with van der Waals surface area (Å²) in [4.78, 5) is 0. The summed E-state index contributed by atoms with van der Waals surface area (Å²) in [7, 11) is 0. The highest BCUT2D eigenvalue weighted by Crippen LogP contribution is 2.10. The Bertz CT molecular complexity index is 115. The minimum absolute atomic E-state index is 0.354. The summed E-state index contributed by atoms with van der Waals surface area (Å²) in [5.41, 5.74) is 5.43. The molecule has 0 fully saturated rings. The molecule has 3 heteroatoms. The van der Waals surface area contributed by atoms with Gasteiger partial charge in [-0.15, -0.1) is 0 Å². The minimum atomic E-state index is -0.788. The van der Waals surface area contributed by atoms with Crippen molar-refractivity contribution in [2.75, 3.05) is 0 Å². The predicted molar refractivity (Wildman–Crippen MR) is 49.7 cm³/mol. The topological polar surface area (TPSA) is 66.5 Å². The van der Waals surface area contributed by atoms with Gasteiger partial charge in [0.25, 0.3) is 0 Å². The zero-order chi connectivity index (χ0) is 9.72. The van der Waals surface area contributed by atoms with Crippen LogP contribution in [0.2, 0.25) is 0 Å². The zero-order valence-electron chi connectivity index (χ0n) is 8.20. The minimum Gasteiger partial charge on any atom is -0.390 e. The van der Waals surface area contributed by atoms with Crippen molar-refractivity contribution in [3.05, 3.63) is 0 Å². The van der Waals surface area contributed by atoms with Gasteiger partial charge in [-0.1, -0.05) is 13.8 Å². The van der Waals surface area contributed by atoms with Gasteiger partial charge in [0.2, 0.25) is 0 Å². The fourth-order valence-corrected chi connectivity index (χ4v) is 1.03. The molecule has 12 heavy (non-hydrogen) atoms. The molecule has 0 aliphatic carbocycles. The predicted octanol–water partition coefficient (Wildman–Crippen LogP) is 0.492. The van der Waals surface area contributed by atoms with Gasteiger partial charge in [0.05, 0.1) is 12.2 Å². The van der Waals surface area contributed by atoms with Crippen LogP contribution in [-0.4, -0.2) is 28.5 Å². The van der Waals surface area contributed by atoms with Crippen molar-refractivity contribution in [1.29, 1.82) is 0 Å². The number of hydrogen-bond acceptors (Lipinski definition) is 3. The summed E-state index contributed by atoms with van der Waals surface area (Å²) in [6.45, 7) is 5.87. The SMILES string of the molecule is CC(C)CCC(O)C(O)C(C)N. The maximum absolute atomic E-state index is 9.41. The van der Waals surface area contributed by atoms with Crippen LogP contribution in [0.25, 0.3) is 0 Å². The molecule has 0 aromatic heterocycles. The van der Waals surface area contributed by atoms with Crippen LogP contribution in [-0.2, 0) is 0 Å². The van der Waals surface area contributed by atoms with E-state index in [9.17, 15) is 10.2 Å². The van der Waals surface area contributed by atoms with Crippen LogP contribution in [0.5, 0.6) is 0 Å². The fourth-order valence-electron chi connectivity index (χ4n) is 1.03. The van der Waals surface area contributed by atoms with Crippen LogP contribution in [0.3, 0.4) is 0 Å². The van der Waals surface area contributed by atoms with E-state index in [4.69, 9.17) is 5.73 Å². The maximum Gasteiger partial charge on any atom is 0.0946 e. The van der Waals surface area contributed by atoms with Crippen molar-refractivity contribution in [3.63, 3.8) is 0 Å². The summed E-state index contributed by atoms with van der Waals surface area (Å²) in [5, 5.41) is 18.7. The molecule has 0 radical (unpaired) electrons. The van der Waals surface area contributed by atoms with E-state index in [0.717, 1.165) is 6.42 Å². The number of rotatable bonds is 5. The standard InChI is InChI=1S/C9H21NO2/c1-6(2)4-5-8(11)9(12)7(3)10/h6-9,11-12H,4-5,10H2,1-3H3. The number of aliphatic hydroxyl groups is 2. The van der Waals surface area contributed by atoms with E-state index in [0.29, 0.717) is 12.3 Å². The summed E-state index contributed by atoms with van der Waals surface area (Å²) in [6, 6.07) is -0.354. The summed E-state index contributed by atoms with van der Waals surface area (Å²) < 4.78 is 0. The molecular weight excluding hydrogens is 154 g/mol. The van der Waals surface area contributed by atoms with E-state index in [2.05, 4.69) is 13.8 Å². The molecule has 0 heterocycles. The average Bonchev–Trinajstić information content (AvgIpc) is 1.98. The van der Waals surface area contributed by atoms with Crippen LogP contribution in [0.15, 0.2) is 0 Å². The fraction of sp³-hybridized carbons (Fsp3) is 1.00. The van der Waals surface area contributed by atoms with Crippen molar-refractivity contribution in [1.82, 2.24) is 0 Å². The summed E-state index contributed by atoms with van der Waals surface area (Å²) in [5.74, 6) is 0.555. The smallest absolute Gasteiger partial charge is 0.0946 e. The molecule has 0 spiro atoms. The summed E-state index contributed by atoms with van der Waals surface area (Å²) in [6.07, 6.45) is 0.0850. The lowest BCUT2D eigenvalue weighted by molar-refractivity contribution is 0.000427. The van der Waals surface area contributed by atoms with E-state index in [-0.39, 0.29) is 6.04 Å². The Kier molecular flexibility index (Phi) is 5.46. The Morgan fingerprint density at radius 2 is 1.58 bits per heavy atom. The molecule has 0 saturated heterocycles. The molecule has 0 aliphatic heterocycles. The third-order valence-electron chi connectivity index (χ3n) is 1.97. The number of aliphatic hydroxyl groups excluding tert-OH is 2. The van der Waals surface area contributed by atoms with Gasteiger partial charge in [-0.05, 0) is 25.7 Å². The molecule has 0 aliphatic rings. The molecule has 74 valence electrons. The monoisotopic (exact) mass is 175 g/mol. The van der Waals surface area contributed by atoms with Crippen LogP contribution < -0.4 is 5.73 Å². The second-order valence-corrected chi connectivity index (χ2v) is 3.89. The summed E-state index contributed by atoms with van der Waals surface area (Å²) >= 11 is 0. The third kappa shape index (κ3) is 4.70. The first-order chi connectivity index (χ1) is 5.45.